The Bertz CT molecular complexity index is 641. The van der Waals surface area contributed by atoms with Gasteiger partial charge < -0.3 is 16.4 Å². The van der Waals surface area contributed by atoms with E-state index >= 15 is 0 Å². The van der Waals surface area contributed by atoms with Gasteiger partial charge >= 0.3 is 6.03 Å². The molecule has 0 aliphatic carbocycles. The number of anilines is 3. The van der Waals surface area contributed by atoms with E-state index in [4.69, 9.17) is 40.5 Å². The van der Waals surface area contributed by atoms with Gasteiger partial charge in [-0.05, 0) is 30.3 Å². The highest BCUT2D eigenvalue weighted by molar-refractivity contribution is 6.36. The second kappa shape index (κ2) is 6.22. The third-order valence-corrected chi connectivity index (χ3v) is 3.34. The Balaban J connectivity index is 2.15. The fraction of sp³-hybridized carbons (Fsp3) is 0. The van der Waals surface area contributed by atoms with E-state index < -0.39 is 6.03 Å². The number of rotatable bonds is 2. The van der Waals surface area contributed by atoms with E-state index in [1.54, 1.807) is 36.4 Å². The first-order valence-electron chi connectivity index (χ1n) is 5.54. The highest BCUT2D eigenvalue weighted by atomic mass is 35.5. The van der Waals surface area contributed by atoms with Crippen molar-refractivity contribution < 1.29 is 4.79 Å². The van der Waals surface area contributed by atoms with Crippen LogP contribution in [0, 0.1) is 0 Å². The van der Waals surface area contributed by atoms with Gasteiger partial charge in [0.1, 0.15) is 0 Å². The van der Waals surface area contributed by atoms with Gasteiger partial charge in [0.2, 0.25) is 0 Å². The third kappa shape index (κ3) is 3.48. The van der Waals surface area contributed by atoms with Gasteiger partial charge in [-0.2, -0.15) is 0 Å². The second-order valence-electron chi connectivity index (χ2n) is 3.91. The molecule has 0 aliphatic heterocycles. The maximum Gasteiger partial charge on any atom is 0.323 e. The Labute approximate surface area is 130 Å². The highest BCUT2D eigenvalue weighted by Crippen LogP contribution is 2.29. The molecule has 0 aliphatic rings. The van der Waals surface area contributed by atoms with E-state index in [2.05, 4.69) is 10.6 Å². The average molecular weight is 331 g/mol. The van der Waals surface area contributed by atoms with Crippen LogP contribution >= 0.6 is 34.8 Å². The molecule has 0 saturated heterocycles. The predicted molar refractivity (Wildman–Crippen MR) is 85.0 cm³/mol. The fourth-order valence-electron chi connectivity index (χ4n) is 1.53. The second-order valence-corrected chi connectivity index (χ2v) is 5.16. The predicted octanol–water partition coefficient (Wildman–Crippen LogP) is 4.87. The Morgan fingerprint density at radius 1 is 1.00 bits per heavy atom. The summed E-state index contributed by atoms with van der Waals surface area (Å²) in [5, 5.41) is 6.32. The van der Waals surface area contributed by atoms with Crippen LogP contribution in [-0.4, -0.2) is 6.03 Å². The molecular formula is C13H10Cl3N3O. The minimum absolute atomic E-state index is 0.338. The summed E-state index contributed by atoms with van der Waals surface area (Å²) >= 11 is 17.8. The van der Waals surface area contributed by atoms with E-state index in [0.717, 1.165) is 0 Å². The number of para-hydroxylation sites is 1. The minimum atomic E-state index is -0.519. The largest absolute Gasteiger partial charge is 0.397 e. The maximum atomic E-state index is 11.9. The molecule has 2 rings (SSSR count). The molecule has 2 aromatic rings. The number of halogens is 3. The quantitative estimate of drug-likeness (QED) is 0.687. The number of amides is 2. The van der Waals surface area contributed by atoms with Crippen molar-refractivity contribution in [3.63, 3.8) is 0 Å². The number of urea groups is 1. The zero-order chi connectivity index (χ0) is 14.7. The topological polar surface area (TPSA) is 67.1 Å². The number of carbonyl (C=O) groups is 1. The maximum absolute atomic E-state index is 11.9. The van der Waals surface area contributed by atoms with Gasteiger partial charge in [0.05, 0.1) is 27.1 Å². The number of nitrogens with two attached hydrogens (primary N) is 1. The van der Waals surface area contributed by atoms with E-state index in [-0.39, 0.29) is 0 Å². The van der Waals surface area contributed by atoms with Gasteiger partial charge in [0, 0.05) is 5.02 Å². The van der Waals surface area contributed by atoms with Gasteiger partial charge in [-0.3, -0.25) is 0 Å². The van der Waals surface area contributed by atoms with Crippen molar-refractivity contribution in [2.45, 2.75) is 0 Å². The van der Waals surface area contributed by atoms with Crippen LogP contribution in [0.3, 0.4) is 0 Å². The van der Waals surface area contributed by atoms with Crippen molar-refractivity contribution in [2.75, 3.05) is 16.4 Å². The number of hydrogen-bond donors (Lipinski definition) is 3. The van der Waals surface area contributed by atoms with Crippen LogP contribution < -0.4 is 16.4 Å². The molecular weight excluding hydrogens is 321 g/mol. The first-order chi connectivity index (χ1) is 9.47. The molecule has 0 aromatic heterocycles. The average Bonchev–Trinajstić information content (AvgIpc) is 2.38. The van der Waals surface area contributed by atoms with Crippen LogP contribution in [0.5, 0.6) is 0 Å². The number of hydrogen-bond acceptors (Lipinski definition) is 2. The first-order valence-corrected chi connectivity index (χ1v) is 6.68. The summed E-state index contributed by atoms with van der Waals surface area (Å²) in [5.74, 6) is 0. The molecule has 0 radical (unpaired) electrons. The number of carbonyl (C=O) groups excluding carboxylic acids is 1. The molecule has 7 heteroatoms. The van der Waals surface area contributed by atoms with Crippen molar-refractivity contribution in [3.8, 4) is 0 Å². The minimum Gasteiger partial charge on any atom is -0.397 e. The lowest BCUT2D eigenvalue weighted by Crippen LogP contribution is -2.20. The van der Waals surface area contributed by atoms with E-state index in [9.17, 15) is 4.79 Å². The lowest BCUT2D eigenvalue weighted by molar-refractivity contribution is 0.262. The SMILES string of the molecule is Nc1cccc(Cl)c1NC(=O)Nc1cc(Cl)ccc1Cl. The molecule has 0 unspecified atom stereocenters. The number of nitrogens with one attached hydrogen (secondary N) is 2. The highest BCUT2D eigenvalue weighted by Gasteiger charge is 2.10. The molecule has 0 spiro atoms. The Hall–Kier alpha value is -1.62. The van der Waals surface area contributed by atoms with Gasteiger partial charge in [0.15, 0.2) is 0 Å². The van der Waals surface area contributed by atoms with Crippen molar-refractivity contribution in [1.82, 2.24) is 0 Å². The van der Waals surface area contributed by atoms with Crippen molar-refractivity contribution in [2.24, 2.45) is 0 Å². The van der Waals surface area contributed by atoms with E-state index in [1.165, 1.54) is 0 Å². The van der Waals surface area contributed by atoms with E-state index in [1.807, 2.05) is 0 Å². The van der Waals surface area contributed by atoms with Crippen LogP contribution in [-0.2, 0) is 0 Å². The number of benzene rings is 2. The van der Waals surface area contributed by atoms with Crippen LogP contribution in [0.25, 0.3) is 0 Å². The van der Waals surface area contributed by atoms with Gasteiger partial charge in [-0.15, -0.1) is 0 Å². The Morgan fingerprint density at radius 3 is 2.45 bits per heavy atom. The molecule has 4 nitrogen and oxygen atoms in total. The van der Waals surface area contributed by atoms with Gasteiger partial charge in [-0.25, -0.2) is 4.79 Å². The van der Waals surface area contributed by atoms with Crippen molar-refractivity contribution in [1.29, 1.82) is 0 Å². The molecule has 0 heterocycles. The van der Waals surface area contributed by atoms with Crippen LogP contribution in [0.4, 0.5) is 21.9 Å². The summed E-state index contributed by atoms with van der Waals surface area (Å²) in [6.07, 6.45) is 0. The fourth-order valence-corrected chi connectivity index (χ4v) is 2.10. The van der Waals surface area contributed by atoms with Crippen molar-refractivity contribution in [3.05, 3.63) is 51.5 Å². The van der Waals surface area contributed by atoms with Crippen LogP contribution in [0.2, 0.25) is 15.1 Å². The molecule has 2 amide bonds. The molecule has 2 aromatic carbocycles. The van der Waals surface area contributed by atoms with E-state index in [0.29, 0.717) is 32.1 Å². The Kier molecular flexibility index (Phi) is 4.60. The standard InChI is InChI=1S/C13H10Cl3N3O/c14-7-4-5-8(15)11(6-7)18-13(20)19-12-9(16)2-1-3-10(12)17/h1-6H,17H2,(H2,18,19,20). The van der Waals surface area contributed by atoms with Gasteiger partial charge in [-0.1, -0.05) is 40.9 Å². The first kappa shape index (κ1) is 14.8. The van der Waals surface area contributed by atoms with Crippen LogP contribution in [0.1, 0.15) is 0 Å². The van der Waals surface area contributed by atoms with Crippen molar-refractivity contribution >= 4 is 57.9 Å². The summed E-state index contributed by atoms with van der Waals surface area (Å²) in [5.41, 5.74) is 6.84. The smallest absolute Gasteiger partial charge is 0.323 e. The summed E-state index contributed by atoms with van der Waals surface area (Å²) in [6.45, 7) is 0. The summed E-state index contributed by atoms with van der Waals surface area (Å²) < 4.78 is 0. The molecule has 4 N–H and O–H groups in total. The lowest BCUT2D eigenvalue weighted by atomic mass is 10.2. The summed E-state index contributed by atoms with van der Waals surface area (Å²) in [6, 6.07) is 9.18. The zero-order valence-electron chi connectivity index (χ0n) is 10.1. The number of nitrogen functional groups attached to an aromatic ring is 1. The zero-order valence-corrected chi connectivity index (χ0v) is 12.4. The normalized spacial score (nSPS) is 10.2. The Morgan fingerprint density at radius 2 is 1.75 bits per heavy atom. The molecule has 0 bridgehead atoms. The van der Waals surface area contributed by atoms with Gasteiger partial charge in [0.25, 0.3) is 0 Å². The monoisotopic (exact) mass is 329 g/mol. The molecule has 104 valence electrons. The molecule has 20 heavy (non-hydrogen) atoms. The van der Waals surface area contributed by atoms with Crippen LogP contribution in [0.15, 0.2) is 36.4 Å². The molecule has 0 saturated carbocycles. The lowest BCUT2D eigenvalue weighted by Gasteiger charge is -2.12. The molecule has 0 fully saturated rings. The summed E-state index contributed by atoms with van der Waals surface area (Å²) in [7, 11) is 0. The summed E-state index contributed by atoms with van der Waals surface area (Å²) in [4.78, 5) is 11.9. The third-order valence-electron chi connectivity index (χ3n) is 2.46. The molecule has 0 atom stereocenters.